The van der Waals surface area contributed by atoms with Crippen LogP contribution in [-0.4, -0.2) is 52.2 Å². The van der Waals surface area contributed by atoms with Gasteiger partial charge in [0.15, 0.2) is 0 Å². The van der Waals surface area contributed by atoms with Crippen LogP contribution in [0.4, 0.5) is 0 Å². The highest BCUT2D eigenvalue weighted by Gasteiger charge is 2.33. The fraction of sp³-hybridized carbons (Fsp3) is 0.478. The number of likely N-dealkylation sites (tertiary alicyclic amines) is 1. The van der Waals surface area contributed by atoms with Gasteiger partial charge in [0.05, 0.1) is 43.2 Å². The van der Waals surface area contributed by atoms with Crippen molar-refractivity contribution in [2.24, 2.45) is 0 Å². The number of fused-ring (bicyclic) bond motifs is 1. The van der Waals surface area contributed by atoms with E-state index >= 15 is 0 Å². The molecule has 1 aromatic heterocycles. The minimum Gasteiger partial charge on any atom is -0.394 e. The quantitative estimate of drug-likeness (QED) is 0.765. The molecule has 30 heavy (non-hydrogen) atoms. The van der Waals surface area contributed by atoms with Crippen LogP contribution < -0.4 is 5.32 Å². The summed E-state index contributed by atoms with van der Waals surface area (Å²) in [6.07, 6.45) is 2.46. The van der Waals surface area contributed by atoms with Crippen molar-refractivity contribution in [3.05, 3.63) is 58.9 Å². The molecule has 2 aromatic rings. The molecule has 0 saturated carbocycles. The van der Waals surface area contributed by atoms with Gasteiger partial charge in [0.2, 0.25) is 0 Å². The number of hydrogen-bond donors (Lipinski definition) is 2. The molecule has 1 aromatic carbocycles. The number of aliphatic hydroxyl groups excluding tert-OH is 1. The van der Waals surface area contributed by atoms with Crippen molar-refractivity contribution in [3.8, 4) is 0 Å². The molecule has 2 N–H and O–H groups in total. The lowest BCUT2D eigenvalue weighted by atomic mass is 10.0. The van der Waals surface area contributed by atoms with E-state index in [1.165, 1.54) is 0 Å². The molecule has 1 saturated heterocycles. The first-order chi connectivity index (χ1) is 14.6. The van der Waals surface area contributed by atoms with E-state index < -0.39 is 0 Å². The first kappa shape index (κ1) is 20.6. The predicted octanol–water partition coefficient (Wildman–Crippen LogP) is 2.50. The number of benzene rings is 1. The molecule has 2 amide bonds. The van der Waals surface area contributed by atoms with Crippen LogP contribution in [0.15, 0.2) is 36.4 Å². The zero-order valence-electron chi connectivity index (χ0n) is 17.3. The Kier molecular flexibility index (Phi) is 6.20. The van der Waals surface area contributed by atoms with E-state index in [1.807, 2.05) is 41.8 Å². The molecule has 3 heterocycles. The normalized spacial score (nSPS) is 19.4. The zero-order chi connectivity index (χ0) is 21.1. The predicted molar refractivity (Wildman–Crippen MR) is 112 cm³/mol. The third-order valence-corrected chi connectivity index (χ3v) is 6.13. The summed E-state index contributed by atoms with van der Waals surface area (Å²) in [6, 6.07) is 11.3. The van der Waals surface area contributed by atoms with Crippen molar-refractivity contribution in [3.63, 3.8) is 0 Å². The Morgan fingerprint density at radius 1 is 1.27 bits per heavy atom. The van der Waals surface area contributed by atoms with Gasteiger partial charge in [-0.25, -0.2) is 0 Å². The van der Waals surface area contributed by atoms with E-state index in [2.05, 4.69) is 5.32 Å². The summed E-state index contributed by atoms with van der Waals surface area (Å²) in [5.41, 5.74) is 2.79. The highest BCUT2D eigenvalue weighted by molar-refractivity contribution is 6.01. The van der Waals surface area contributed by atoms with Gasteiger partial charge in [-0.05, 0) is 30.9 Å². The minimum atomic E-state index is -0.195. The second-order valence-electron chi connectivity index (χ2n) is 7.92. The summed E-state index contributed by atoms with van der Waals surface area (Å²) in [7, 11) is 0. The second-order valence-corrected chi connectivity index (χ2v) is 7.92. The Hall–Kier alpha value is -2.64. The first-order valence-electron chi connectivity index (χ1n) is 10.7. The van der Waals surface area contributed by atoms with Crippen LogP contribution in [0.3, 0.4) is 0 Å². The van der Waals surface area contributed by atoms with Crippen molar-refractivity contribution in [2.45, 2.75) is 51.4 Å². The Labute approximate surface area is 176 Å². The lowest BCUT2D eigenvalue weighted by Crippen LogP contribution is -2.39. The molecule has 2 aliphatic rings. The smallest absolute Gasteiger partial charge is 0.270 e. The zero-order valence-corrected chi connectivity index (χ0v) is 17.3. The lowest BCUT2D eigenvalue weighted by molar-refractivity contribution is 0.0630. The van der Waals surface area contributed by atoms with Gasteiger partial charge in [0, 0.05) is 13.1 Å². The Morgan fingerprint density at radius 3 is 2.80 bits per heavy atom. The summed E-state index contributed by atoms with van der Waals surface area (Å²) in [4.78, 5) is 28.2. The highest BCUT2D eigenvalue weighted by atomic mass is 16.5. The molecule has 7 nitrogen and oxygen atoms in total. The van der Waals surface area contributed by atoms with Gasteiger partial charge < -0.3 is 24.6 Å². The number of hydrogen-bond acceptors (Lipinski definition) is 4. The van der Waals surface area contributed by atoms with E-state index in [4.69, 9.17) is 4.74 Å². The Balaban J connectivity index is 1.62. The molecular weight excluding hydrogens is 382 g/mol. The van der Waals surface area contributed by atoms with Gasteiger partial charge >= 0.3 is 0 Å². The Morgan fingerprint density at radius 2 is 2.07 bits per heavy atom. The second kappa shape index (κ2) is 9.02. The lowest BCUT2D eigenvalue weighted by Gasteiger charge is -2.25. The molecule has 0 radical (unpaired) electrons. The van der Waals surface area contributed by atoms with Crippen LogP contribution in [0.25, 0.3) is 0 Å². The van der Waals surface area contributed by atoms with E-state index in [0.717, 1.165) is 30.5 Å². The van der Waals surface area contributed by atoms with Gasteiger partial charge in [0.25, 0.3) is 11.8 Å². The molecule has 0 spiro atoms. The van der Waals surface area contributed by atoms with Gasteiger partial charge in [-0.2, -0.15) is 0 Å². The van der Waals surface area contributed by atoms with E-state index in [9.17, 15) is 14.7 Å². The monoisotopic (exact) mass is 411 g/mol. The van der Waals surface area contributed by atoms with Gasteiger partial charge in [0.1, 0.15) is 5.69 Å². The number of rotatable bonds is 6. The number of carbonyl (C=O) groups is 2. The third kappa shape index (κ3) is 3.87. The average molecular weight is 412 g/mol. The van der Waals surface area contributed by atoms with E-state index in [0.29, 0.717) is 37.6 Å². The molecule has 2 unspecified atom stereocenters. The van der Waals surface area contributed by atoms with Crippen molar-refractivity contribution in [2.75, 3.05) is 19.8 Å². The molecule has 160 valence electrons. The molecule has 2 aliphatic heterocycles. The van der Waals surface area contributed by atoms with Gasteiger partial charge in [-0.15, -0.1) is 0 Å². The molecule has 0 aliphatic carbocycles. The number of aliphatic hydroxyl groups is 1. The first-order valence-corrected chi connectivity index (χ1v) is 10.7. The standard InChI is InChI=1S/C23H29N3O4/c1-2-19(16-7-4-3-5-8-16)24-22(28)18-13-20(26-11-12-30-15-21(18)26)23(29)25-10-6-9-17(25)14-27/h3-5,7-8,13,17,19,27H,2,6,9-12,14-15H2,1H3,(H,24,28). The summed E-state index contributed by atoms with van der Waals surface area (Å²) < 4.78 is 7.51. The molecular formula is C23H29N3O4. The maximum absolute atomic E-state index is 13.2. The summed E-state index contributed by atoms with van der Waals surface area (Å²) >= 11 is 0. The third-order valence-electron chi connectivity index (χ3n) is 6.13. The van der Waals surface area contributed by atoms with Crippen LogP contribution >= 0.6 is 0 Å². The van der Waals surface area contributed by atoms with E-state index in [1.54, 1.807) is 11.0 Å². The van der Waals surface area contributed by atoms with Crippen molar-refractivity contribution in [1.29, 1.82) is 0 Å². The van der Waals surface area contributed by atoms with Crippen LogP contribution in [0, 0.1) is 0 Å². The van der Waals surface area contributed by atoms with Gasteiger partial charge in [-0.1, -0.05) is 37.3 Å². The molecule has 4 rings (SSSR count). The number of amides is 2. The Bertz CT molecular complexity index is 909. The van der Waals surface area contributed by atoms with Gasteiger partial charge in [-0.3, -0.25) is 9.59 Å². The fourth-order valence-corrected chi connectivity index (χ4v) is 4.48. The number of ether oxygens (including phenoxy) is 1. The molecule has 2 atom stereocenters. The SMILES string of the molecule is CCC(NC(=O)c1cc(C(=O)N2CCCC2CO)n2c1COCC2)c1ccccc1. The fourth-order valence-electron chi connectivity index (χ4n) is 4.48. The number of nitrogens with one attached hydrogen (secondary N) is 1. The van der Waals surface area contributed by atoms with Crippen molar-refractivity contribution >= 4 is 11.8 Å². The van der Waals surface area contributed by atoms with Crippen LogP contribution in [0.5, 0.6) is 0 Å². The van der Waals surface area contributed by atoms with Crippen LogP contribution in [-0.2, 0) is 17.9 Å². The molecule has 1 fully saturated rings. The van der Waals surface area contributed by atoms with Crippen LogP contribution in [0.2, 0.25) is 0 Å². The number of carbonyl (C=O) groups excluding carboxylic acids is 2. The minimum absolute atomic E-state index is 0.0367. The number of aromatic nitrogens is 1. The number of nitrogens with zero attached hydrogens (tertiary/aromatic N) is 2. The molecule has 7 heteroatoms. The van der Waals surface area contributed by atoms with Crippen LogP contribution in [0.1, 0.15) is 64.3 Å². The maximum atomic E-state index is 13.2. The summed E-state index contributed by atoms with van der Waals surface area (Å²) in [5, 5.41) is 12.7. The largest absolute Gasteiger partial charge is 0.394 e. The maximum Gasteiger partial charge on any atom is 0.270 e. The summed E-state index contributed by atoms with van der Waals surface area (Å²) in [6.45, 7) is 3.99. The topological polar surface area (TPSA) is 83.8 Å². The van der Waals surface area contributed by atoms with Crippen molar-refractivity contribution < 1.29 is 19.4 Å². The average Bonchev–Trinajstić information content (AvgIpc) is 3.42. The summed E-state index contributed by atoms with van der Waals surface area (Å²) in [5.74, 6) is -0.317. The highest BCUT2D eigenvalue weighted by Crippen LogP contribution is 2.26. The van der Waals surface area contributed by atoms with Crippen molar-refractivity contribution in [1.82, 2.24) is 14.8 Å². The molecule has 0 bridgehead atoms. The van der Waals surface area contributed by atoms with E-state index in [-0.39, 0.29) is 30.5 Å².